The highest BCUT2D eigenvalue weighted by Gasteiger charge is 2.27. The Bertz CT molecular complexity index is 987. The van der Waals surface area contributed by atoms with Gasteiger partial charge in [0, 0.05) is 13.1 Å². The molecule has 6 nitrogen and oxygen atoms in total. The lowest BCUT2D eigenvalue weighted by Gasteiger charge is -2.28. The molecular weight excluding hydrogens is 372 g/mol. The van der Waals surface area contributed by atoms with Gasteiger partial charge in [-0.1, -0.05) is 30.3 Å². The van der Waals surface area contributed by atoms with E-state index in [-0.39, 0.29) is 17.2 Å². The van der Waals surface area contributed by atoms with Crippen molar-refractivity contribution in [2.24, 2.45) is 0 Å². The quantitative estimate of drug-likeness (QED) is 0.844. The third-order valence-corrected chi connectivity index (χ3v) is 7.83. The summed E-state index contributed by atoms with van der Waals surface area (Å²) in [5.41, 5.74) is 1.90. The van der Waals surface area contributed by atoms with E-state index in [1.54, 1.807) is 19.1 Å². The van der Waals surface area contributed by atoms with Crippen LogP contribution >= 0.6 is 0 Å². The van der Waals surface area contributed by atoms with Gasteiger partial charge in [-0.15, -0.1) is 0 Å². The minimum absolute atomic E-state index is 0.130. The Hall–Kier alpha value is -1.90. The number of benzene rings is 2. The molecule has 1 saturated heterocycles. The largest absolute Gasteiger partial charge is 0.270 e. The van der Waals surface area contributed by atoms with Gasteiger partial charge in [0.2, 0.25) is 20.0 Å². The zero-order valence-corrected chi connectivity index (χ0v) is 16.2. The minimum Gasteiger partial charge on any atom is -0.270 e. The molecule has 0 aromatic heterocycles. The lowest BCUT2D eigenvalue weighted by molar-refractivity contribution is 0.574. The van der Waals surface area contributed by atoms with E-state index in [0.717, 1.165) is 12.0 Å². The maximum absolute atomic E-state index is 12.6. The van der Waals surface area contributed by atoms with Crippen LogP contribution in [0.5, 0.6) is 0 Å². The van der Waals surface area contributed by atoms with E-state index < -0.39 is 20.0 Å². The van der Waals surface area contributed by atoms with E-state index in [4.69, 9.17) is 0 Å². The van der Waals surface area contributed by atoms with Crippen molar-refractivity contribution in [2.45, 2.75) is 31.2 Å². The second-order valence-electron chi connectivity index (χ2n) is 6.36. The van der Waals surface area contributed by atoms with Crippen molar-refractivity contribution < 1.29 is 16.8 Å². The molecule has 0 bridgehead atoms. The second kappa shape index (κ2) is 7.38. The molecule has 1 fully saturated rings. The molecule has 0 atom stereocenters. The first-order chi connectivity index (χ1) is 12.3. The van der Waals surface area contributed by atoms with Crippen LogP contribution in [0.4, 0.5) is 5.69 Å². The second-order valence-corrected chi connectivity index (χ2v) is 10.1. The number of rotatable bonds is 5. The van der Waals surface area contributed by atoms with Gasteiger partial charge in [-0.2, -0.15) is 0 Å². The van der Waals surface area contributed by atoms with Crippen molar-refractivity contribution in [1.29, 1.82) is 0 Å². The van der Waals surface area contributed by atoms with E-state index in [9.17, 15) is 16.8 Å². The van der Waals surface area contributed by atoms with Crippen LogP contribution in [0, 0.1) is 6.92 Å². The fraction of sp³-hybridized carbons (Fsp3) is 0.333. The number of sulfonamides is 2. The van der Waals surface area contributed by atoms with Gasteiger partial charge >= 0.3 is 0 Å². The van der Waals surface area contributed by atoms with E-state index in [2.05, 4.69) is 4.72 Å². The summed E-state index contributed by atoms with van der Waals surface area (Å²) in [4.78, 5) is 0.159. The summed E-state index contributed by atoms with van der Waals surface area (Å²) in [6.45, 7) is 2.31. The maximum atomic E-state index is 12.6. The fourth-order valence-corrected chi connectivity index (χ4v) is 5.89. The van der Waals surface area contributed by atoms with Crippen LogP contribution in [0.1, 0.15) is 24.0 Å². The molecule has 1 aliphatic heterocycles. The predicted molar refractivity (Wildman–Crippen MR) is 102 cm³/mol. The normalized spacial score (nSPS) is 17.2. The predicted octanol–water partition coefficient (Wildman–Crippen LogP) is 2.40. The Kier molecular flexibility index (Phi) is 5.36. The molecule has 0 spiro atoms. The monoisotopic (exact) mass is 394 g/mol. The molecule has 0 saturated carbocycles. The molecule has 0 amide bonds. The van der Waals surface area contributed by atoms with E-state index in [1.165, 1.54) is 10.4 Å². The standard InChI is InChI=1S/C18H22N2O4S2/c1-15-13-17(20-11-5-6-12-25(20,21)22)9-10-18(15)26(23,24)19-14-16-7-3-2-4-8-16/h2-4,7-10,13,19H,5-6,11-12,14H2,1H3. The summed E-state index contributed by atoms with van der Waals surface area (Å²) in [6.07, 6.45) is 1.46. The molecule has 0 unspecified atom stereocenters. The number of nitrogens with one attached hydrogen (secondary N) is 1. The van der Waals surface area contributed by atoms with Gasteiger partial charge in [0.05, 0.1) is 16.3 Å². The molecule has 8 heteroatoms. The lowest BCUT2D eigenvalue weighted by atomic mass is 10.2. The highest BCUT2D eigenvalue weighted by atomic mass is 32.2. The molecule has 3 rings (SSSR count). The molecule has 26 heavy (non-hydrogen) atoms. The van der Waals surface area contributed by atoms with Gasteiger partial charge < -0.3 is 0 Å². The molecule has 2 aromatic rings. The van der Waals surface area contributed by atoms with Crippen LogP contribution in [-0.2, 0) is 26.6 Å². The van der Waals surface area contributed by atoms with Crippen molar-refractivity contribution in [2.75, 3.05) is 16.6 Å². The topological polar surface area (TPSA) is 83.6 Å². The molecule has 1 heterocycles. The van der Waals surface area contributed by atoms with Crippen LogP contribution in [0.2, 0.25) is 0 Å². The molecule has 0 radical (unpaired) electrons. The fourth-order valence-electron chi connectivity index (χ4n) is 3.02. The highest BCUT2D eigenvalue weighted by molar-refractivity contribution is 7.92. The van der Waals surface area contributed by atoms with Gasteiger partial charge in [-0.25, -0.2) is 21.6 Å². The van der Waals surface area contributed by atoms with Crippen molar-refractivity contribution in [1.82, 2.24) is 4.72 Å². The van der Waals surface area contributed by atoms with Crippen LogP contribution in [0.3, 0.4) is 0 Å². The van der Waals surface area contributed by atoms with Gasteiger partial charge in [0.15, 0.2) is 0 Å². The average Bonchev–Trinajstić information content (AvgIpc) is 2.60. The number of nitrogens with zero attached hydrogens (tertiary/aromatic N) is 1. The number of aryl methyl sites for hydroxylation is 1. The van der Waals surface area contributed by atoms with Crippen molar-refractivity contribution >= 4 is 25.7 Å². The van der Waals surface area contributed by atoms with Crippen LogP contribution in [0.25, 0.3) is 0 Å². The van der Waals surface area contributed by atoms with Crippen molar-refractivity contribution in [3.8, 4) is 0 Å². The number of hydrogen-bond acceptors (Lipinski definition) is 4. The van der Waals surface area contributed by atoms with E-state index in [0.29, 0.717) is 24.2 Å². The Morgan fingerprint density at radius 3 is 2.46 bits per heavy atom. The summed E-state index contributed by atoms with van der Waals surface area (Å²) in [5, 5.41) is 0. The third-order valence-electron chi connectivity index (χ3n) is 4.39. The zero-order chi connectivity index (χ0) is 18.8. The Balaban J connectivity index is 1.82. The zero-order valence-electron chi connectivity index (χ0n) is 14.6. The van der Waals surface area contributed by atoms with E-state index in [1.807, 2.05) is 30.3 Å². The smallest absolute Gasteiger partial charge is 0.241 e. The SMILES string of the molecule is Cc1cc(N2CCCCS2(=O)=O)ccc1S(=O)(=O)NCc1ccccc1. The molecule has 1 aliphatic rings. The van der Waals surface area contributed by atoms with Crippen molar-refractivity contribution in [3.63, 3.8) is 0 Å². The lowest BCUT2D eigenvalue weighted by Crippen LogP contribution is -2.37. The summed E-state index contributed by atoms with van der Waals surface area (Å²) in [6, 6.07) is 13.9. The number of anilines is 1. The van der Waals surface area contributed by atoms with Crippen LogP contribution < -0.4 is 9.03 Å². The Morgan fingerprint density at radius 1 is 1.08 bits per heavy atom. The van der Waals surface area contributed by atoms with Crippen molar-refractivity contribution in [3.05, 3.63) is 59.7 Å². The average molecular weight is 395 g/mol. The van der Waals surface area contributed by atoms with Crippen LogP contribution in [0.15, 0.2) is 53.4 Å². The van der Waals surface area contributed by atoms with Gasteiger partial charge in [0.1, 0.15) is 0 Å². The maximum Gasteiger partial charge on any atom is 0.241 e. The van der Waals surface area contributed by atoms with Crippen LogP contribution in [-0.4, -0.2) is 29.1 Å². The highest BCUT2D eigenvalue weighted by Crippen LogP contribution is 2.27. The van der Waals surface area contributed by atoms with Gasteiger partial charge in [-0.3, -0.25) is 4.31 Å². The summed E-state index contributed by atoms with van der Waals surface area (Å²) in [7, 11) is -7.00. The first-order valence-electron chi connectivity index (χ1n) is 8.44. The van der Waals surface area contributed by atoms with Gasteiger partial charge in [-0.05, 0) is 49.1 Å². The molecule has 140 valence electrons. The summed E-state index contributed by atoms with van der Waals surface area (Å²) >= 11 is 0. The molecule has 1 N–H and O–H groups in total. The molecule has 0 aliphatic carbocycles. The number of hydrogen-bond donors (Lipinski definition) is 1. The third kappa shape index (κ3) is 4.08. The summed E-state index contributed by atoms with van der Waals surface area (Å²) < 4.78 is 53.6. The molecule has 2 aromatic carbocycles. The Morgan fingerprint density at radius 2 is 1.81 bits per heavy atom. The first kappa shape index (κ1) is 18.9. The first-order valence-corrected chi connectivity index (χ1v) is 11.5. The van der Waals surface area contributed by atoms with Gasteiger partial charge in [0.25, 0.3) is 0 Å². The van der Waals surface area contributed by atoms with E-state index >= 15 is 0 Å². The molecular formula is C18H22N2O4S2. The minimum atomic E-state index is -3.68. The Labute approximate surface area is 155 Å². The summed E-state index contributed by atoms with van der Waals surface area (Å²) in [5.74, 6) is 0.130.